The Kier molecular flexibility index (Phi) is 7.33. The van der Waals surface area contributed by atoms with Crippen molar-refractivity contribution >= 4 is 5.97 Å². The summed E-state index contributed by atoms with van der Waals surface area (Å²) in [5.74, 6) is -0.193. The predicted molar refractivity (Wildman–Crippen MR) is 74.3 cm³/mol. The molecule has 106 valence electrons. The molecule has 1 aliphatic rings. The van der Waals surface area contributed by atoms with Crippen LogP contribution in [0.15, 0.2) is 0 Å². The van der Waals surface area contributed by atoms with E-state index in [1.807, 2.05) is 6.92 Å². The molecule has 0 unspecified atom stereocenters. The van der Waals surface area contributed by atoms with Crippen LogP contribution in [0, 0.1) is 0 Å². The molecule has 0 aliphatic heterocycles. The molecule has 3 nitrogen and oxygen atoms in total. The average Bonchev–Trinajstić information content (AvgIpc) is 2.34. The van der Waals surface area contributed by atoms with Crippen molar-refractivity contribution in [3.8, 4) is 0 Å². The van der Waals surface area contributed by atoms with E-state index in [-0.39, 0.29) is 5.97 Å². The lowest BCUT2D eigenvalue weighted by Gasteiger charge is -2.27. The molecule has 0 saturated heterocycles. The van der Waals surface area contributed by atoms with E-state index in [0.29, 0.717) is 6.61 Å². The molecule has 0 radical (unpaired) electrons. The highest BCUT2D eigenvalue weighted by atomic mass is 16.5. The zero-order valence-electron chi connectivity index (χ0n) is 11.9. The number of hydrogen-bond donors (Lipinski definition) is 1. The van der Waals surface area contributed by atoms with Crippen LogP contribution in [0.2, 0.25) is 0 Å². The molecule has 0 aromatic rings. The maximum atomic E-state index is 12.0. The van der Waals surface area contributed by atoms with Crippen molar-refractivity contribution in [1.29, 1.82) is 0 Å². The first-order valence-electron chi connectivity index (χ1n) is 7.65. The summed E-state index contributed by atoms with van der Waals surface area (Å²) in [5.41, 5.74) is 5.57. The van der Waals surface area contributed by atoms with Crippen molar-refractivity contribution in [3.63, 3.8) is 0 Å². The summed E-state index contributed by atoms with van der Waals surface area (Å²) in [4.78, 5) is 12.0. The second-order valence-corrected chi connectivity index (χ2v) is 5.56. The lowest BCUT2D eigenvalue weighted by molar-refractivity contribution is -0.150. The Morgan fingerprint density at radius 3 is 1.72 bits per heavy atom. The van der Waals surface area contributed by atoms with E-state index in [1.54, 1.807) is 0 Å². The summed E-state index contributed by atoms with van der Waals surface area (Å²) < 4.78 is 5.14. The van der Waals surface area contributed by atoms with Crippen LogP contribution in [0.1, 0.15) is 77.6 Å². The minimum Gasteiger partial charge on any atom is -0.465 e. The standard InChI is InChI=1S/C15H29NO2/c1-2-18-14(17)15(16)12-10-8-6-4-3-5-7-9-11-13-15/h2-13,16H2,1H3. The van der Waals surface area contributed by atoms with Crippen LogP contribution in [0.3, 0.4) is 0 Å². The van der Waals surface area contributed by atoms with Crippen molar-refractivity contribution < 1.29 is 9.53 Å². The van der Waals surface area contributed by atoms with Gasteiger partial charge in [0.15, 0.2) is 0 Å². The summed E-state index contributed by atoms with van der Waals surface area (Å²) >= 11 is 0. The number of ether oxygens (including phenoxy) is 1. The van der Waals surface area contributed by atoms with E-state index in [4.69, 9.17) is 10.5 Å². The summed E-state index contributed by atoms with van der Waals surface area (Å²) in [5, 5.41) is 0. The van der Waals surface area contributed by atoms with Crippen molar-refractivity contribution in [2.45, 2.75) is 83.1 Å². The van der Waals surface area contributed by atoms with Gasteiger partial charge in [-0.15, -0.1) is 0 Å². The molecule has 18 heavy (non-hydrogen) atoms. The molecule has 0 spiro atoms. The highest BCUT2D eigenvalue weighted by Crippen LogP contribution is 2.24. The third-order valence-electron chi connectivity index (χ3n) is 3.93. The third kappa shape index (κ3) is 5.38. The van der Waals surface area contributed by atoms with Crippen LogP contribution >= 0.6 is 0 Å². The van der Waals surface area contributed by atoms with Gasteiger partial charge in [0.2, 0.25) is 0 Å². The molecule has 1 rings (SSSR count). The molecule has 1 saturated carbocycles. The predicted octanol–water partition coefficient (Wildman–Crippen LogP) is 3.55. The normalized spacial score (nSPS) is 22.6. The van der Waals surface area contributed by atoms with Crippen LogP contribution in [-0.2, 0) is 9.53 Å². The quantitative estimate of drug-likeness (QED) is 0.768. The molecular weight excluding hydrogens is 226 g/mol. The fourth-order valence-electron chi connectivity index (χ4n) is 2.72. The van der Waals surface area contributed by atoms with Gasteiger partial charge < -0.3 is 10.5 Å². The average molecular weight is 255 g/mol. The number of hydrogen-bond acceptors (Lipinski definition) is 3. The fourth-order valence-corrected chi connectivity index (χ4v) is 2.72. The van der Waals surface area contributed by atoms with E-state index < -0.39 is 5.54 Å². The largest absolute Gasteiger partial charge is 0.465 e. The molecule has 0 amide bonds. The molecule has 0 aromatic carbocycles. The Morgan fingerprint density at radius 1 is 0.944 bits per heavy atom. The Morgan fingerprint density at radius 2 is 1.33 bits per heavy atom. The fraction of sp³-hybridized carbons (Fsp3) is 0.933. The molecule has 2 N–H and O–H groups in total. The second-order valence-electron chi connectivity index (χ2n) is 5.56. The van der Waals surface area contributed by atoms with Crippen molar-refractivity contribution in [2.75, 3.05) is 6.61 Å². The van der Waals surface area contributed by atoms with E-state index >= 15 is 0 Å². The summed E-state index contributed by atoms with van der Waals surface area (Å²) in [6, 6.07) is 0. The van der Waals surface area contributed by atoms with E-state index in [1.165, 1.54) is 44.9 Å². The van der Waals surface area contributed by atoms with Crippen LogP contribution in [-0.4, -0.2) is 18.1 Å². The Labute approximate surface area is 111 Å². The molecule has 0 heterocycles. The highest BCUT2D eigenvalue weighted by molar-refractivity contribution is 5.80. The van der Waals surface area contributed by atoms with Crippen LogP contribution in [0.25, 0.3) is 0 Å². The molecular formula is C15H29NO2. The molecule has 3 heteroatoms. The van der Waals surface area contributed by atoms with Crippen molar-refractivity contribution in [3.05, 3.63) is 0 Å². The second kappa shape index (κ2) is 8.52. The number of carbonyl (C=O) groups is 1. The number of rotatable bonds is 2. The number of esters is 1. The van der Waals surface area contributed by atoms with Gasteiger partial charge in [-0.2, -0.15) is 0 Å². The van der Waals surface area contributed by atoms with E-state index in [2.05, 4.69) is 0 Å². The summed E-state index contributed by atoms with van der Waals surface area (Å²) in [6.45, 7) is 2.27. The topological polar surface area (TPSA) is 52.3 Å². The Bertz CT molecular complexity index is 229. The first-order chi connectivity index (χ1) is 8.69. The third-order valence-corrected chi connectivity index (χ3v) is 3.93. The van der Waals surface area contributed by atoms with Crippen molar-refractivity contribution in [1.82, 2.24) is 0 Å². The smallest absolute Gasteiger partial charge is 0.326 e. The molecule has 1 aliphatic carbocycles. The molecule has 0 aromatic heterocycles. The summed E-state index contributed by atoms with van der Waals surface area (Å²) in [6.07, 6.45) is 12.6. The number of nitrogens with two attached hydrogens (primary N) is 1. The zero-order valence-corrected chi connectivity index (χ0v) is 11.9. The van der Waals surface area contributed by atoms with Crippen molar-refractivity contribution in [2.24, 2.45) is 5.73 Å². The molecule has 0 bridgehead atoms. The van der Waals surface area contributed by atoms with Gasteiger partial charge in [0.05, 0.1) is 6.61 Å². The van der Waals surface area contributed by atoms with Gasteiger partial charge in [0.25, 0.3) is 0 Å². The van der Waals surface area contributed by atoms with E-state index in [0.717, 1.165) is 25.7 Å². The minimum absolute atomic E-state index is 0.193. The van der Waals surface area contributed by atoms with Gasteiger partial charge in [-0.3, -0.25) is 4.79 Å². The molecule has 1 fully saturated rings. The van der Waals surface area contributed by atoms with Gasteiger partial charge in [0.1, 0.15) is 5.54 Å². The lowest BCUT2D eigenvalue weighted by atomic mass is 9.86. The van der Waals surface area contributed by atoms with Gasteiger partial charge in [-0.25, -0.2) is 0 Å². The monoisotopic (exact) mass is 255 g/mol. The van der Waals surface area contributed by atoms with Crippen LogP contribution in [0.5, 0.6) is 0 Å². The summed E-state index contributed by atoms with van der Waals surface area (Å²) in [7, 11) is 0. The zero-order chi connectivity index (χ0) is 13.3. The first-order valence-corrected chi connectivity index (χ1v) is 7.65. The van der Waals surface area contributed by atoms with Gasteiger partial charge in [-0.1, -0.05) is 57.8 Å². The Hall–Kier alpha value is -0.570. The maximum Gasteiger partial charge on any atom is 0.326 e. The SMILES string of the molecule is CCOC(=O)C1(N)CCCCCCCCCCC1. The van der Waals surface area contributed by atoms with Crippen LogP contribution in [0.4, 0.5) is 0 Å². The van der Waals surface area contributed by atoms with Gasteiger partial charge in [0, 0.05) is 0 Å². The Balaban J connectivity index is 2.51. The van der Waals surface area contributed by atoms with Gasteiger partial charge >= 0.3 is 5.97 Å². The van der Waals surface area contributed by atoms with E-state index in [9.17, 15) is 4.79 Å². The minimum atomic E-state index is -0.727. The number of carbonyl (C=O) groups excluding carboxylic acids is 1. The van der Waals surface area contributed by atoms with Crippen LogP contribution < -0.4 is 5.73 Å². The van der Waals surface area contributed by atoms with Gasteiger partial charge in [-0.05, 0) is 19.8 Å². The highest BCUT2D eigenvalue weighted by Gasteiger charge is 2.34. The lowest BCUT2D eigenvalue weighted by Crippen LogP contribution is -2.49. The maximum absolute atomic E-state index is 12.0. The first kappa shape index (κ1) is 15.5. The molecule has 0 atom stereocenters.